The first-order valence-electron chi connectivity index (χ1n) is 9.03. The molecule has 0 aromatic heterocycles. The molecule has 0 heterocycles. The van der Waals surface area contributed by atoms with Gasteiger partial charge in [0.15, 0.2) is 11.5 Å². The number of carbonyl (C=O) groups is 1. The van der Waals surface area contributed by atoms with E-state index in [2.05, 4.69) is 10.1 Å². The molecule has 0 bridgehead atoms. The molecule has 0 saturated heterocycles. The number of ether oxygens (including phenoxy) is 2. The summed E-state index contributed by atoms with van der Waals surface area (Å²) in [7, 11) is 3.19. The number of fused-ring (bicyclic) bond motifs is 1. The smallest absolute Gasteiger partial charge is 0.387 e. The summed E-state index contributed by atoms with van der Waals surface area (Å²) in [4.78, 5) is 14.2. The number of benzene rings is 3. The Morgan fingerprint density at radius 1 is 1.03 bits per heavy atom. The number of rotatable bonds is 8. The van der Waals surface area contributed by atoms with Crippen molar-refractivity contribution in [3.05, 3.63) is 66.2 Å². The van der Waals surface area contributed by atoms with Crippen molar-refractivity contribution < 1.29 is 23.0 Å². The Morgan fingerprint density at radius 3 is 2.52 bits per heavy atom. The number of hydrogen-bond donors (Lipinski definition) is 1. The highest BCUT2D eigenvalue weighted by Gasteiger charge is 2.13. The van der Waals surface area contributed by atoms with Crippen LogP contribution in [-0.2, 0) is 11.3 Å². The van der Waals surface area contributed by atoms with Gasteiger partial charge < -0.3 is 14.8 Å². The molecule has 3 aromatic rings. The minimum Gasteiger partial charge on any atom is -0.493 e. The molecule has 0 radical (unpaired) electrons. The summed E-state index contributed by atoms with van der Waals surface area (Å²) in [6.07, 6.45) is 0. The molecule has 0 atom stereocenters. The van der Waals surface area contributed by atoms with Gasteiger partial charge in [0, 0.05) is 12.2 Å². The molecule has 0 aliphatic rings. The lowest BCUT2D eigenvalue weighted by atomic mass is 10.1. The Labute approximate surface area is 167 Å². The lowest BCUT2D eigenvalue weighted by Gasteiger charge is -2.18. The number of anilines is 1. The third kappa shape index (κ3) is 5.65. The quantitative estimate of drug-likeness (QED) is 0.604. The van der Waals surface area contributed by atoms with Crippen LogP contribution in [0.4, 0.5) is 14.5 Å². The molecular formula is C22H22F2N2O3. The average molecular weight is 400 g/mol. The van der Waals surface area contributed by atoms with E-state index in [1.54, 1.807) is 19.2 Å². The fraction of sp³-hybridized carbons (Fsp3) is 0.227. The highest BCUT2D eigenvalue weighted by atomic mass is 19.3. The van der Waals surface area contributed by atoms with Gasteiger partial charge in [0.05, 0.1) is 13.7 Å². The molecule has 0 fully saturated rings. The van der Waals surface area contributed by atoms with E-state index >= 15 is 0 Å². The Hall–Kier alpha value is -3.19. The minimum absolute atomic E-state index is 0.0250. The topological polar surface area (TPSA) is 50.8 Å². The van der Waals surface area contributed by atoms with E-state index in [1.165, 1.54) is 13.2 Å². The van der Waals surface area contributed by atoms with Crippen molar-refractivity contribution in [1.29, 1.82) is 0 Å². The Bertz CT molecular complexity index is 995. The molecule has 1 N–H and O–H groups in total. The van der Waals surface area contributed by atoms with Crippen molar-refractivity contribution >= 4 is 22.4 Å². The van der Waals surface area contributed by atoms with Gasteiger partial charge in [-0.25, -0.2) is 0 Å². The number of alkyl halides is 2. The van der Waals surface area contributed by atoms with Crippen molar-refractivity contribution in [3.8, 4) is 11.5 Å². The van der Waals surface area contributed by atoms with Gasteiger partial charge in [0.25, 0.3) is 0 Å². The van der Waals surface area contributed by atoms with Gasteiger partial charge in [-0.05, 0) is 47.6 Å². The number of halogens is 2. The van der Waals surface area contributed by atoms with Crippen molar-refractivity contribution in [2.45, 2.75) is 13.2 Å². The third-order valence-electron chi connectivity index (χ3n) is 4.34. The van der Waals surface area contributed by atoms with Crippen LogP contribution in [0.15, 0.2) is 60.7 Å². The van der Waals surface area contributed by atoms with Gasteiger partial charge in [-0.1, -0.05) is 36.4 Å². The molecule has 0 spiro atoms. The van der Waals surface area contributed by atoms with Crippen LogP contribution in [0.1, 0.15) is 5.56 Å². The first-order chi connectivity index (χ1) is 13.9. The maximum absolute atomic E-state index is 12.4. The summed E-state index contributed by atoms with van der Waals surface area (Å²) < 4.78 is 34.4. The van der Waals surface area contributed by atoms with Gasteiger partial charge >= 0.3 is 6.61 Å². The first kappa shape index (κ1) is 20.5. The summed E-state index contributed by atoms with van der Waals surface area (Å²) in [5.41, 5.74) is 1.54. The summed E-state index contributed by atoms with van der Waals surface area (Å²) in [5.74, 6) is 0.0483. The van der Waals surface area contributed by atoms with Crippen LogP contribution < -0.4 is 14.8 Å². The van der Waals surface area contributed by atoms with Crippen molar-refractivity contribution in [2.24, 2.45) is 0 Å². The highest BCUT2D eigenvalue weighted by Crippen LogP contribution is 2.29. The van der Waals surface area contributed by atoms with E-state index < -0.39 is 6.61 Å². The monoisotopic (exact) mass is 400 g/mol. The molecule has 5 nitrogen and oxygen atoms in total. The third-order valence-corrected chi connectivity index (χ3v) is 4.34. The van der Waals surface area contributed by atoms with Crippen LogP contribution >= 0.6 is 0 Å². The van der Waals surface area contributed by atoms with Crippen LogP contribution in [0.2, 0.25) is 0 Å². The summed E-state index contributed by atoms with van der Waals surface area (Å²) in [6.45, 7) is -2.31. The lowest BCUT2D eigenvalue weighted by Crippen LogP contribution is -2.29. The Kier molecular flexibility index (Phi) is 6.61. The van der Waals surface area contributed by atoms with E-state index in [0.717, 1.165) is 22.0 Å². The maximum Gasteiger partial charge on any atom is 0.387 e. The van der Waals surface area contributed by atoms with Gasteiger partial charge in [0.2, 0.25) is 5.91 Å². The molecule has 0 saturated carbocycles. The second-order valence-electron chi connectivity index (χ2n) is 6.65. The molecule has 3 aromatic carbocycles. The van der Waals surface area contributed by atoms with E-state index in [-0.39, 0.29) is 24.0 Å². The average Bonchev–Trinajstić information content (AvgIpc) is 2.68. The normalized spacial score (nSPS) is 11.1. The predicted octanol–water partition coefficient (Wildman–Crippen LogP) is 4.52. The minimum atomic E-state index is -2.92. The van der Waals surface area contributed by atoms with Crippen molar-refractivity contribution in [2.75, 3.05) is 26.0 Å². The molecule has 1 amide bonds. The SMILES string of the molecule is COc1cc(CN(C)CC(=O)Nc2ccc3ccccc3c2)ccc1OC(F)F. The van der Waals surface area contributed by atoms with Crippen LogP contribution in [-0.4, -0.2) is 38.1 Å². The van der Waals surface area contributed by atoms with Gasteiger partial charge in [-0.15, -0.1) is 0 Å². The zero-order valence-corrected chi connectivity index (χ0v) is 16.2. The molecule has 29 heavy (non-hydrogen) atoms. The maximum atomic E-state index is 12.4. The number of nitrogens with one attached hydrogen (secondary N) is 1. The number of likely N-dealkylation sites (N-methyl/N-ethyl adjacent to an activating group) is 1. The fourth-order valence-corrected chi connectivity index (χ4v) is 3.08. The molecule has 0 aliphatic carbocycles. The van der Waals surface area contributed by atoms with Gasteiger partial charge in [0.1, 0.15) is 0 Å². The first-order valence-corrected chi connectivity index (χ1v) is 9.03. The number of methoxy groups -OCH3 is 1. The van der Waals surface area contributed by atoms with Crippen LogP contribution in [0.5, 0.6) is 11.5 Å². The zero-order chi connectivity index (χ0) is 20.8. The molecule has 0 aliphatic heterocycles. The van der Waals surface area contributed by atoms with Crippen LogP contribution in [0.25, 0.3) is 10.8 Å². The Morgan fingerprint density at radius 2 is 1.79 bits per heavy atom. The lowest BCUT2D eigenvalue weighted by molar-refractivity contribution is -0.117. The summed E-state index contributed by atoms with van der Waals surface area (Å²) in [5, 5.41) is 5.06. The van der Waals surface area contributed by atoms with E-state index in [0.29, 0.717) is 6.54 Å². The number of amides is 1. The second-order valence-corrected chi connectivity index (χ2v) is 6.65. The number of carbonyl (C=O) groups excluding carboxylic acids is 1. The van der Waals surface area contributed by atoms with E-state index in [1.807, 2.05) is 47.4 Å². The summed E-state index contributed by atoms with van der Waals surface area (Å²) >= 11 is 0. The van der Waals surface area contributed by atoms with E-state index in [4.69, 9.17) is 4.74 Å². The van der Waals surface area contributed by atoms with E-state index in [9.17, 15) is 13.6 Å². The second kappa shape index (κ2) is 9.34. The molecular weight excluding hydrogens is 378 g/mol. The zero-order valence-electron chi connectivity index (χ0n) is 16.2. The van der Waals surface area contributed by atoms with Gasteiger partial charge in [-0.2, -0.15) is 8.78 Å². The van der Waals surface area contributed by atoms with Crippen molar-refractivity contribution in [1.82, 2.24) is 4.90 Å². The predicted molar refractivity (Wildman–Crippen MR) is 109 cm³/mol. The molecule has 0 unspecified atom stereocenters. The number of nitrogens with zero attached hydrogens (tertiary/aromatic N) is 1. The van der Waals surface area contributed by atoms with Gasteiger partial charge in [-0.3, -0.25) is 9.69 Å². The van der Waals surface area contributed by atoms with Crippen LogP contribution in [0, 0.1) is 0 Å². The standard InChI is InChI=1S/C22H22F2N2O3/c1-26(13-15-7-10-19(29-22(23)24)20(11-15)28-2)14-21(27)25-18-9-8-16-5-3-4-6-17(16)12-18/h3-12,22H,13-14H2,1-2H3,(H,25,27). The highest BCUT2D eigenvalue weighted by molar-refractivity contribution is 5.95. The molecule has 7 heteroatoms. The fourth-order valence-electron chi connectivity index (χ4n) is 3.08. The number of hydrogen-bond acceptors (Lipinski definition) is 4. The van der Waals surface area contributed by atoms with Crippen LogP contribution in [0.3, 0.4) is 0 Å². The molecule has 3 rings (SSSR count). The summed E-state index contributed by atoms with van der Waals surface area (Å²) in [6, 6.07) is 18.4. The molecule has 152 valence electrons. The largest absolute Gasteiger partial charge is 0.493 e. The van der Waals surface area contributed by atoms with Crippen molar-refractivity contribution in [3.63, 3.8) is 0 Å². The Balaban J connectivity index is 1.59.